The molecule has 8 heteroatoms. The fraction of sp³-hybridized carbons (Fsp3) is 0.444. The first kappa shape index (κ1) is 12.2. The third-order valence-electron chi connectivity index (χ3n) is 2.62. The van der Waals surface area contributed by atoms with E-state index in [1.54, 1.807) is 0 Å². The normalized spacial score (nSPS) is 26.2. The van der Waals surface area contributed by atoms with Crippen molar-refractivity contribution >= 4 is 15.8 Å². The highest BCUT2D eigenvalue weighted by Gasteiger charge is 2.37. The number of aliphatic hydroxyl groups excluding tert-OH is 2. The van der Waals surface area contributed by atoms with Crippen molar-refractivity contribution in [3.8, 4) is 0 Å². The molecular formula is C9H13N3O4S. The van der Waals surface area contributed by atoms with Gasteiger partial charge in [0, 0.05) is 25.4 Å². The van der Waals surface area contributed by atoms with Crippen molar-refractivity contribution in [2.24, 2.45) is 0 Å². The molecule has 1 fully saturated rings. The molecule has 0 aliphatic carbocycles. The number of nitrogen functional groups attached to an aromatic ring is 1. The van der Waals surface area contributed by atoms with E-state index in [4.69, 9.17) is 5.73 Å². The number of hydrogen-bond donors (Lipinski definition) is 3. The summed E-state index contributed by atoms with van der Waals surface area (Å²) in [5.41, 5.74) is 5.42. The van der Waals surface area contributed by atoms with Gasteiger partial charge in [-0.2, -0.15) is 4.31 Å². The van der Waals surface area contributed by atoms with Crippen LogP contribution in [0.25, 0.3) is 0 Å². The predicted molar refractivity (Wildman–Crippen MR) is 59.4 cm³/mol. The molecule has 1 aliphatic rings. The summed E-state index contributed by atoms with van der Waals surface area (Å²) in [6, 6.07) is 2.56. The summed E-state index contributed by atoms with van der Waals surface area (Å²) in [7, 11) is -3.73. The SMILES string of the molecule is Nc1cc(S(=O)(=O)N2CC(O)C(O)C2)ccn1. The number of pyridine rings is 1. The monoisotopic (exact) mass is 259 g/mol. The van der Waals surface area contributed by atoms with E-state index in [0.717, 1.165) is 4.31 Å². The minimum absolute atomic E-state index is 0.00583. The summed E-state index contributed by atoms with van der Waals surface area (Å²) >= 11 is 0. The highest BCUT2D eigenvalue weighted by molar-refractivity contribution is 7.89. The summed E-state index contributed by atoms with van der Waals surface area (Å²) in [6.07, 6.45) is -0.807. The van der Waals surface area contributed by atoms with E-state index < -0.39 is 22.2 Å². The van der Waals surface area contributed by atoms with Crippen molar-refractivity contribution in [2.75, 3.05) is 18.8 Å². The lowest BCUT2D eigenvalue weighted by Gasteiger charge is -2.15. The van der Waals surface area contributed by atoms with Gasteiger partial charge in [0.15, 0.2) is 0 Å². The molecule has 1 aromatic heterocycles. The zero-order chi connectivity index (χ0) is 12.6. The molecule has 2 atom stereocenters. The first-order chi connectivity index (χ1) is 7.91. The van der Waals surface area contributed by atoms with Crippen molar-refractivity contribution < 1.29 is 18.6 Å². The van der Waals surface area contributed by atoms with Crippen molar-refractivity contribution in [3.63, 3.8) is 0 Å². The Kier molecular flexibility index (Phi) is 3.04. The lowest BCUT2D eigenvalue weighted by atomic mass is 10.3. The molecule has 2 unspecified atom stereocenters. The molecule has 0 spiro atoms. The Morgan fingerprint density at radius 1 is 1.35 bits per heavy atom. The lowest BCUT2D eigenvalue weighted by molar-refractivity contribution is 0.0572. The number of aromatic nitrogens is 1. The number of anilines is 1. The third-order valence-corrected chi connectivity index (χ3v) is 4.44. The Labute approximate surface area is 98.6 Å². The first-order valence-electron chi connectivity index (χ1n) is 4.99. The molecule has 1 saturated heterocycles. The van der Waals surface area contributed by atoms with Crippen LogP contribution in [0.1, 0.15) is 0 Å². The number of nitrogens with zero attached hydrogens (tertiary/aromatic N) is 2. The summed E-state index contributed by atoms with van der Waals surface area (Å²) in [5, 5.41) is 18.7. The van der Waals surface area contributed by atoms with Crippen LogP contribution in [-0.2, 0) is 10.0 Å². The standard InChI is InChI=1S/C9H13N3O4S/c10-9-3-6(1-2-11-9)17(15,16)12-4-7(13)8(14)5-12/h1-3,7-8,13-14H,4-5H2,(H2,10,11). The van der Waals surface area contributed by atoms with Gasteiger partial charge in [0.2, 0.25) is 10.0 Å². The number of hydrogen-bond acceptors (Lipinski definition) is 6. The van der Waals surface area contributed by atoms with Gasteiger partial charge in [0.25, 0.3) is 0 Å². The molecule has 0 bridgehead atoms. The Morgan fingerprint density at radius 2 is 1.94 bits per heavy atom. The maximum absolute atomic E-state index is 12.1. The second-order valence-electron chi connectivity index (χ2n) is 3.87. The first-order valence-corrected chi connectivity index (χ1v) is 6.43. The maximum atomic E-state index is 12.1. The van der Waals surface area contributed by atoms with E-state index in [0.29, 0.717) is 0 Å². The Morgan fingerprint density at radius 3 is 2.47 bits per heavy atom. The quantitative estimate of drug-likeness (QED) is 0.588. The number of aliphatic hydroxyl groups is 2. The molecule has 1 aliphatic heterocycles. The summed E-state index contributed by atoms with van der Waals surface area (Å²) in [5.74, 6) is 0.103. The molecule has 94 valence electrons. The summed E-state index contributed by atoms with van der Waals surface area (Å²) in [4.78, 5) is 3.71. The largest absolute Gasteiger partial charge is 0.389 e. The number of β-amino-alcohol motifs (C(OH)–C–C–N with tert-alkyl or cyclic N) is 2. The van der Waals surface area contributed by atoms with Crippen molar-refractivity contribution in [2.45, 2.75) is 17.1 Å². The van der Waals surface area contributed by atoms with Crippen molar-refractivity contribution in [3.05, 3.63) is 18.3 Å². The van der Waals surface area contributed by atoms with Gasteiger partial charge >= 0.3 is 0 Å². The van der Waals surface area contributed by atoms with E-state index in [1.807, 2.05) is 0 Å². The van der Waals surface area contributed by atoms with E-state index in [1.165, 1.54) is 18.3 Å². The molecule has 4 N–H and O–H groups in total. The van der Waals surface area contributed by atoms with Gasteiger partial charge < -0.3 is 15.9 Å². The number of sulfonamides is 1. The molecule has 0 radical (unpaired) electrons. The predicted octanol–water partition coefficient (Wildman–Crippen LogP) is -1.61. The Hall–Kier alpha value is -1.22. The van der Waals surface area contributed by atoms with Crippen LogP contribution >= 0.6 is 0 Å². The van der Waals surface area contributed by atoms with Crippen LogP contribution in [0.15, 0.2) is 23.2 Å². The van der Waals surface area contributed by atoms with Crippen LogP contribution in [0.3, 0.4) is 0 Å². The van der Waals surface area contributed by atoms with Gasteiger partial charge in [-0.25, -0.2) is 13.4 Å². The van der Waals surface area contributed by atoms with Gasteiger partial charge in [0.1, 0.15) is 5.82 Å². The average Bonchev–Trinajstić information content (AvgIpc) is 2.60. The number of nitrogens with two attached hydrogens (primary N) is 1. The molecule has 2 rings (SSSR count). The maximum Gasteiger partial charge on any atom is 0.243 e. The molecule has 0 amide bonds. The molecule has 1 aromatic rings. The molecule has 2 heterocycles. The molecule has 0 aromatic carbocycles. The van der Waals surface area contributed by atoms with Gasteiger partial charge in [-0.1, -0.05) is 0 Å². The fourth-order valence-electron chi connectivity index (χ4n) is 1.67. The van der Waals surface area contributed by atoms with Gasteiger partial charge in [-0.15, -0.1) is 0 Å². The molecule has 17 heavy (non-hydrogen) atoms. The van der Waals surface area contributed by atoms with E-state index in [-0.39, 0.29) is 23.8 Å². The zero-order valence-corrected chi connectivity index (χ0v) is 9.71. The van der Waals surface area contributed by atoms with E-state index in [9.17, 15) is 18.6 Å². The highest BCUT2D eigenvalue weighted by Crippen LogP contribution is 2.21. The van der Waals surface area contributed by atoms with Crippen LogP contribution in [-0.4, -0.2) is 53.2 Å². The van der Waals surface area contributed by atoms with Crippen LogP contribution in [0, 0.1) is 0 Å². The minimum Gasteiger partial charge on any atom is -0.389 e. The topological polar surface area (TPSA) is 117 Å². The smallest absolute Gasteiger partial charge is 0.243 e. The van der Waals surface area contributed by atoms with Gasteiger partial charge in [0.05, 0.1) is 17.1 Å². The van der Waals surface area contributed by atoms with Crippen LogP contribution in [0.5, 0.6) is 0 Å². The van der Waals surface area contributed by atoms with Crippen molar-refractivity contribution in [1.82, 2.24) is 9.29 Å². The Balaban J connectivity index is 2.32. The van der Waals surface area contributed by atoms with Gasteiger partial charge in [-0.3, -0.25) is 0 Å². The zero-order valence-electron chi connectivity index (χ0n) is 8.89. The number of rotatable bonds is 2. The molecule has 0 saturated carbocycles. The van der Waals surface area contributed by atoms with E-state index >= 15 is 0 Å². The molecular weight excluding hydrogens is 246 g/mol. The van der Waals surface area contributed by atoms with Crippen LogP contribution < -0.4 is 5.73 Å². The summed E-state index contributed by atoms with van der Waals surface area (Å²) in [6.45, 7) is -0.239. The summed E-state index contributed by atoms with van der Waals surface area (Å²) < 4.78 is 25.2. The van der Waals surface area contributed by atoms with Crippen LogP contribution in [0.4, 0.5) is 5.82 Å². The second kappa shape index (κ2) is 4.22. The van der Waals surface area contributed by atoms with E-state index in [2.05, 4.69) is 4.98 Å². The minimum atomic E-state index is -3.73. The average molecular weight is 259 g/mol. The Bertz CT molecular complexity index is 509. The second-order valence-corrected chi connectivity index (χ2v) is 5.81. The van der Waals surface area contributed by atoms with Crippen LogP contribution in [0.2, 0.25) is 0 Å². The highest BCUT2D eigenvalue weighted by atomic mass is 32.2. The van der Waals surface area contributed by atoms with Gasteiger partial charge in [-0.05, 0) is 6.07 Å². The lowest BCUT2D eigenvalue weighted by Crippen LogP contribution is -2.30. The molecule has 7 nitrogen and oxygen atoms in total. The fourth-order valence-corrected chi connectivity index (χ4v) is 3.17. The van der Waals surface area contributed by atoms with Crippen molar-refractivity contribution in [1.29, 1.82) is 0 Å². The third kappa shape index (κ3) is 2.25.